The second-order valence-electron chi connectivity index (χ2n) is 4.72. The normalized spacial score (nSPS) is 11.0. The van der Waals surface area contributed by atoms with Crippen molar-refractivity contribution < 1.29 is 4.52 Å². The number of anilines is 1. The first-order valence-electron chi connectivity index (χ1n) is 6.47. The van der Waals surface area contributed by atoms with Gasteiger partial charge in [-0.05, 0) is 30.0 Å². The molecule has 1 N–H and O–H groups in total. The number of halogens is 1. The van der Waals surface area contributed by atoms with Gasteiger partial charge in [-0.1, -0.05) is 5.16 Å². The van der Waals surface area contributed by atoms with Gasteiger partial charge in [0, 0.05) is 19.5 Å². The van der Waals surface area contributed by atoms with Crippen LogP contribution in [0.15, 0.2) is 26.3 Å². The Balaban J connectivity index is 1.97. The van der Waals surface area contributed by atoms with E-state index in [0.717, 1.165) is 6.54 Å². The zero-order chi connectivity index (χ0) is 15.2. The summed E-state index contributed by atoms with van der Waals surface area (Å²) in [5.41, 5.74) is 0.500. The summed E-state index contributed by atoms with van der Waals surface area (Å²) in [6.07, 6.45) is 3.57. The van der Waals surface area contributed by atoms with Gasteiger partial charge in [0.15, 0.2) is 6.33 Å². The van der Waals surface area contributed by atoms with Crippen LogP contribution in [-0.4, -0.2) is 52.0 Å². The van der Waals surface area contributed by atoms with Crippen LogP contribution in [0.5, 0.6) is 0 Å². The van der Waals surface area contributed by atoms with Crippen molar-refractivity contribution in [1.82, 2.24) is 24.8 Å². The van der Waals surface area contributed by atoms with Crippen LogP contribution in [0, 0.1) is 0 Å². The molecular weight excluding hydrogens is 340 g/mol. The Morgan fingerprint density at radius 2 is 2.29 bits per heavy atom. The quantitative estimate of drug-likeness (QED) is 0.776. The Hall–Kier alpha value is -1.74. The molecule has 0 fully saturated rings. The van der Waals surface area contributed by atoms with Crippen molar-refractivity contribution >= 4 is 21.6 Å². The summed E-state index contributed by atoms with van der Waals surface area (Å²) in [7, 11) is 3.90. The van der Waals surface area contributed by atoms with Crippen molar-refractivity contribution in [3.63, 3.8) is 0 Å². The van der Waals surface area contributed by atoms with Gasteiger partial charge in [-0.3, -0.25) is 4.79 Å². The Morgan fingerprint density at radius 1 is 1.48 bits per heavy atom. The summed E-state index contributed by atoms with van der Waals surface area (Å²) in [5, 5.41) is 10.8. The lowest BCUT2D eigenvalue weighted by atomic mass is 10.4. The van der Waals surface area contributed by atoms with Crippen LogP contribution in [0.4, 0.5) is 5.69 Å². The number of hydrogen-bond acceptors (Lipinski definition) is 7. The first-order chi connectivity index (χ1) is 10.1. The smallest absolute Gasteiger partial charge is 0.283 e. The number of nitrogens with zero attached hydrogens (tertiary/aromatic N) is 5. The van der Waals surface area contributed by atoms with E-state index >= 15 is 0 Å². The maximum absolute atomic E-state index is 12.1. The molecule has 2 heterocycles. The highest BCUT2D eigenvalue weighted by Gasteiger charge is 2.09. The topological polar surface area (TPSA) is 89.1 Å². The summed E-state index contributed by atoms with van der Waals surface area (Å²) in [5.74, 6) is 0.547. The van der Waals surface area contributed by atoms with Gasteiger partial charge in [0.2, 0.25) is 5.89 Å². The maximum Gasteiger partial charge on any atom is 0.283 e. The molecule has 0 aromatic carbocycles. The van der Waals surface area contributed by atoms with E-state index in [4.69, 9.17) is 4.52 Å². The third kappa shape index (κ3) is 4.36. The Morgan fingerprint density at radius 3 is 2.95 bits per heavy atom. The molecule has 0 radical (unpaired) electrons. The molecule has 0 bridgehead atoms. The second-order valence-corrected chi connectivity index (χ2v) is 5.51. The van der Waals surface area contributed by atoms with E-state index < -0.39 is 0 Å². The molecule has 0 amide bonds. The average Bonchev–Trinajstić information content (AvgIpc) is 2.95. The molecule has 0 unspecified atom stereocenters. The third-order valence-electron chi connectivity index (χ3n) is 2.81. The fourth-order valence-electron chi connectivity index (χ4n) is 1.65. The summed E-state index contributed by atoms with van der Waals surface area (Å²) in [6, 6.07) is 0. The zero-order valence-electron chi connectivity index (χ0n) is 11.9. The van der Waals surface area contributed by atoms with Crippen LogP contribution in [-0.2, 0) is 13.0 Å². The van der Waals surface area contributed by atoms with Gasteiger partial charge in [-0.2, -0.15) is 10.1 Å². The molecule has 0 atom stereocenters. The van der Waals surface area contributed by atoms with Crippen molar-refractivity contribution in [1.29, 1.82) is 0 Å². The molecule has 0 saturated heterocycles. The highest BCUT2D eigenvalue weighted by atomic mass is 79.9. The molecule has 9 heteroatoms. The van der Waals surface area contributed by atoms with Crippen molar-refractivity contribution in [2.75, 3.05) is 32.5 Å². The van der Waals surface area contributed by atoms with Crippen molar-refractivity contribution in [3.05, 3.63) is 33.2 Å². The number of likely N-dealkylation sites (N-methyl/N-ethyl adjacent to an activating group) is 1. The first-order valence-corrected chi connectivity index (χ1v) is 7.27. The molecule has 2 aromatic rings. The number of aromatic nitrogens is 4. The molecule has 0 saturated carbocycles. The summed E-state index contributed by atoms with van der Waals surface area (Å²) in [4.78, 5) is 18.1. The van der Waals surface area contributed by atoms with Gasteiger partial charge in [0.25, 0.3) is 5.56 Å². The van der Waals surface area contributed by atoms with Crippen LogP contribution < -0.4 is 10.9 Å². The molecule has 0 aliphatic heterocycles. The maximum atomic E-state index is 12.1. The summed E-state index contributed by atoms with van der Waals surface area (Å²) >= 11 is 3.32. The summed E-state index contributed by atoms with van der Waals surface area (Å²) < 4.78 is 6.81. The number of nitrogens with one attached hydrogen (secondary N) is 1. The minimum absolute atomic E-state index is 0.153. The lowest BCUT2D eigenvalue weighted by Crippen LogP contribution is -2.29. The zero-order valence-corrected chi connectivity index (χ0v) is 13.5. The van der Waals surface area contributed by atoms with Crippen molar-refractivity contribution in [3.8, 4) is 0 Å². The van der Waals surface area contributed by atoms with Crippen LogP contribution in [0.25, 0.3) is 0 Å². The van der Waals surface area contributed by atoms with E-state index in [2.05, 4.69) is 36.5 Å². The van der Waals surface area contributed by atoms with Gasteiger partial charge in [-0.15, -0.1) is 0 Å². The Labute approximate surface area is 130 Å². The van der Waals surface area contributed by atoms with E-state index in [1.165, 1.54) is 11.0 Å². The third-order valence-corrected chi connectivity index (χ3v) is 3.57. The SMILES string of the molecule is CN(C)CCn1ncc(NCCc2ncno2)c(Br)c1=O. The molecular formula is C12H17BrN6O2. The minimum Gasteiger partial charge on any atom is -0.382 e. The summed E-state index contributed by atoms with van der Waals surface area (Å²) in [6.45, 7) is 1.87. The first kappa shape index (κ1) is 15.6. The molecule has 0 spiro atoms. The lowest BCUT2D eigenvalue weighted by Gasteiger charge is -2.12. The minimum atomic E-state index is -0.153. The van der Waals surface area contributed by atoms with E-state index in [1.807, 2.05) is 19.0 Å². The standard InChI is InChI=1S/C12H17BrN6O2/c1-18(2)5-6-19-12(20)11(13)9(7-16-19)14-4-3-10-15-8-17-21-10/h7-8,14H,3-6H2,1-2H3. The van der Waals surface area contributed by atoms with Crippen molar-refractivity contribution in [2.24, 2.45) is 0 Å². The highest BCUT2D eigenvalue weighted by molar-refractivity contribution is 9.10. The molecule has 21 heavy (non-hydrogen) atoms. The molecule has 2 rings (SSSR count). The largest absolute Gasteiger partial charge is 0.382 e. The van der Waals surface area contributed by atoms with Gasteiger partial charge in [0.1, 0.15) is 4.47 Å². The van der Waals surface area contributed by atoms with Crippen LogP contribution in [0.2, 0.25) is 0 Å². The Kier molecular flexibility index (Phi) is 5.45. The van der Waals surface area contributed by atoms with Crippen LogP contribution in [0.3, 0.4) is 0 Å². The van der Waals surface area contributed by atoms with E-state index in [-0.39, 0.29) is 5.56 Å². The second kappa shape index (κ2) is 7.32. The molecule has 8 nitrogen and oxygen atoms in total. The van der Waals surface area contributed by atoms with Gasteiger partial charge in [0.05, 0.1) is 18.4 Å². The monoisotopic (exact) mass is 356 g/mol. The molecule has 0 aliphatic rings. The fourth-order valence-corrected chi connectivity index (χ4v) is 2.10. The van der Waals surface area contributed by atoms with E-state index in [0.29, 0.717) is 35.6 Å². The number of hydrogen-bond donors (Lipinski definition) is 1. The van der Waals surface area contributed by atoms with Gasteiger partial charge < -0.3 is 14.7 Å². The Bertz CT molecular complexity index is 625. The van der Waals surface area contributed by atoms with Crippen LogP contribution >= 0.6 is 15.9 Å². The highest BCUT2D eigenvalue weighted by Crippen LogP contribution is 2.15. The van der Waals surface area contributed by atoms with E-state index in [9.17, 15) is 4.79 Å². The molecule has 0 aliphatic carbocycles. The predicted octanol–water partition coefficient (Wildman–Crippen LogP) is 0.605. The molecule has 114 valence electrons. The fraction of sp³-hybridized carbons (Fsp3) is 0.500. The van der Waals surface area contributed by atoms with E-state index in [1.54, 1.807) is 6.20 Å². The molecule has 2 aromatic heterocycles. The van der Waals surface area contributed by atoms with Gasteiger partial charge >= 0.3 is 0 Å². The number of rotatable bonds is 7. The van der Waals surface area contributed by atoms with Crippen LogP contribution in [0.1, 0.15) is 5.89 Å². The average molecular weight is 357 g/mol. The lowest BCUT2D eigenvalue weighted by molar-refractivity contribution is 0.367. The predicted molar refractivity (Wildman–Crippen MR) is 81.2 cm³/mol. The van der Waals surface area contributed by atoms with Crippen molar-refractivity contribution in [2.45, 2.75) is 13.0 Å². The van der Waals surface area contributed by atoms with Gasteiger partial charge in [-0.25, -0.2) is 4.68 Å².